The number of nitrogens with one attached hydrogen (secondary N) is 1. The summed E-state index contributed by atoms with van der Waals surface area (Å²) < 4.78 is 43.9. The van der Waals surface area contributed by atoms with Crippen LogP contribution in [-0.4, -0.2) is 46.2 Å². The Bertz CT molecular complexity index is 1780. The topological polar surface area (TPSA) is 121 Å². The highest BCUT2D eigenvalue weighted by atomic mass is 32.2. The zero-order valence-corrected chi connectivity index (χ0v) is 29.3. The van der Waals surface area contributed by atoms with Gasteiger partial charge in [0, 0.05) is 24.9 Å². The summed E-state index contributed by atoms with van der Waals surface area (Å²) in [4.78, 5) is 31.7. The molecule has 1 aliphatic rings. The van der Waals surface area contributed by atoms with Gasteiger partial charge in [0.05, 0.1) is 4.90 Å². The summed E-state index contributed by atoms with van der Waals surface area (Å²) in [5.74, 6) is 0.431. The van der Waals surface area contributed by atoms with Crippen LogP contribution < -0.4 is 4.72 Å². The number of sulfonamides is 1. The monoisotopic (exact) mass is 691 g/mol. The predicted octanol–water partition coefficient (Wildman–Crippen LogP) is 7.04. The van der Waals surface area contributed by atoms with Crippen molar-refractivity contribution in [2.45, 2.75) is 79.7 Å². The third-order valence-corrected chi connectivity index (χ3v) is 11.9. The molecule has 0 bridgehead atoms. The molecule has 0 radical (unpaired) electrons. The average Bonchev–Trinajstić information content (AvgIpc) is 3.72. The normalized spacial score (nSPS) is 14.3. The second-order valence-electron chi connectivity index (χ2n) is 11.9. The van der Waals surface area contributed by atoms with Crippen LogP contribution in [0.15, 0.2) is 93.7 Å². The Morgan fingerprint density at radius 2 is 1.68 bits per heavy atom. The van der Waals surface area contributed by atoms with Gasteiger partial charge in [0.1, 0.15) is 16.5 Å². The molecule has 1 aliphatic carbocycles. The molecule has 1 unspecified atom stereocenters. The number of nitrogens with zero attached hydrogens (tertiary/aromatic N) is 2. The molecule has 1 fully saturated rings. The van der Waals surface area contributed by atoms with Gasteiger partial charge in [0.25, 0.3) is 10.0 Å². The first-order valence-corrected chi connectivity index (χ1v) is 20.1. The van der Waals surface area contributed by atoms with Crippen LogP contribution >= 0.6 is 11.8 Å². The number of imidazole rings is 1. The summed E-state index contributed by atoms with van der Waals surface area (Å²) in [5.41, 5.74) is 2.53. The quantitative estimate of drug-likeness (QED) is 0.0807. The number of benzene rings is 3. The molecule has 5 rings (SSSR count). The van der Waals surface area contributed by atoms with Crippen LogP contribution in [0.25, 0.3) is 11.1 Å². The van der Waals surface area contributed by atoms with Crippen LogP contribution in [0.3, 0.4) is 0 Å². The van der Waals surface area contributed by atoms with E-state index in [1.54, 1.807) is 42.5 Å². The van der Waals surface area contributed by atoms with Gasteiger partial charge in [-0.25, -0.2) is 18.1 Å². The number of hydrogen-bond donors (Lipinski definition) is 1. The Morgan fingerprint density at radius 3 is 2.36 bits per heavy atom. The van der Waals surface area contributed by atoms with Gasteiger partial charge < -0.3 is 9.12 Å². The summed E-state index contributed by atoms with van der Waals surface area (Å²) in [6.45, 7) is 2.43. The number of thioether (sulfide) groups is 1. The molecule has 4 aromatic rings. The summed E-state index contributed by atoms with van der Waals surface area (Å²) in [6, 6.07) is 23.2. The fraction of sp³-hybridized carbons (Fsp3) is 0.361. The summed E-state index contributed by atoms with van der Waals surface area (Å²) >= 11 is -0.0925. The molecule has 0 spiro atoms. The number of amides is 1. The van der Waals surface area contributed by atoms with Gasteiger partial charge >= 0.3 is 0 Å². The number of hydrogen-bond acceptors (Lipinski definition) is 7. The van der Waals surface area contributed by atoms with Gasteiger partial charge in [0.15, 0.2) is 10.6 Å². The fourth-order valence-electron chi connectivity index (χ4n) is 6.12. The van der Waals surface area contributed by atoms with E-state index >= 15 is 0 Å². The second-order valence-corrected chi connectivity index (χ2v) is 15.8. The molecule has 3 aromatic carbocycles. The number of Topliss-reactive ketones (excluding diaryl/α,β-unsaturated/α-hetero) is 1. The third-order valence-electron chi connectivity index (χ3n) is 8.50. The molecule has 1 saturated carbocycles. The minimum atomic E-state index is -4.08. The lowest BCUT2D eigenvalue weighted by Gasteiger charge is -2.15. The Hall–Kier alpha value is -3.38. The van der Waals surface area contributed by atoms with Crippen LogP contribution in [0.5, 0.6) is 0 Å². The first-order chi connectivity index (χ1) is 22.7. The van der Waals surface area contributed by atoms with E-state index in [0.29, 0.717) is 52.0 Å². The molecule has 1 amide bonds. The van der Waals surface area contributed by atoms with E-state index in [0.717, 1.165) is 30.7 Å². The Labute approximate surface area is 285 Å². The van der Waals surface area contributed by atoms with Crippen LogP contribution in [-0.2, 0) is 39.0 Å². The van der Waals surface area contributed by atoms with Gasteiger partial charge in [0.2, 0.25) is 11.7 Å². The summed E-state index contributed by atoms with van der Waals surface area (Å²) in [6.07, 6.45) is 8.86. The molecule has 11 heteroatoms. The van der Waals surface area contributed by atoms with Gasteiger partial charge in [-0.2, -0.15) is 0 Å². The summed E-state index contributed by atoms with van der Waals surface area (Å²) in [7, 11) is -4.08. The van der Waals surface area contributed by atoms with Gasteiger partial charge in [-0.15, -0.1) is 11.8 Å². The molecular formula is C36H41N3O5S3. The van der Waals surface area contributed by atoms with E-state index in [4.69, 9.17) is 4.98 Å². The van der Waals surface area contributed by atoms with Crippen molar-refractivity contribution < 1.29 is 22.6 Å². The van der Waals surface area contributed by atoms with E-state index < -0.39 is 27.1 Å². The molecule has 8 nitrogen and oxygen atoms in total. The molecule has 47 heavy (non-hydrogen) atoms. The minimum absolute atomic E-state index is 0.0470. The van der Waals surface area contributed by atoms with E-state index in [9.17, 15) is 22.6 Å². The molecule has 1 atom stereocenters. The highest BCUT2D eigenvalue weighted by Crippen LogP contribution is 2.31. The Morgan fingerprint density at radius 1 is 1.00 bits per heavy atom. The molecule has 1 N–H and O–H groups in total. The number of rotatable bonds is 15. The van der Waals surface area contributed by atoms with Crippen LogP contribution in [0, 0.1) is 5.92 Å². The van der Waals surface area contributed by atoms with E-state index in [-0.39, 0.29) is 22.9 Å². The lowest BCUT2D eigenvalue weighted by molar-refractivity contribution is -0.119. The zero-order valence-electron chi connectivity index (χ0n) is 26.8. The van der Waals surface area contributed by atoms with E-state index in [1.165, 1.54) is 30.7 Å². The highest BCUT2D eigenvalue weighted by Gasteiger charge is 2.27. The number of ketones is 1. The van der Waals surface area contributed by atoms with Crippen LogP contribution in [0.1, 0.15) is 73.7 Å². The average molecular weight is 692 g/mol. The predicted molar refractivity (Wildman–Crippen MR) is 188 cm³/mol. The maximum absolute atomic E-state index is 13.6. The molecule has 0 aliphatic heterocycles. The third kappa shape index (κ3) is 8.76. The van der Waals surface area contributed by atoms with Gasteiger partial charge in [-0.1, -0.05) is 93.3 Å². The van der Waals surface area contributed by atoms with Crippen molar-refractivity contribution in [1.82, 2.24) is 14.3 Å². The first-order valence-electron chi connectivity index (χ1n) is 16.0. The van der Waals surface area contributed by atoms with Crippen molar-refractivity contribution in [3.05, 3.63) is 95.9 Å². The molecule has 248 valence electrons. The van der Waals surface area contributed by atoms with Crippen molar-refractivity contribution in [1.29, 1.82) is 0 Å². The van der Waals surface area contributed by atoms with Crippen molar-refractivity contribution in [2.75, 3.05) is 12.0 Å². The minimum Gasteiger partial charge on any atom is -0.611 e. The van der Waals surface area contributed by atoms with Crippen LogP contribution in [0.2, 0.25) is 0 Å². The lowest BCUT2D eigenvalue weighted by Crippen LogP contribution is -2.31. The summed E-state index contributed by atoms with van der Waals surface area (Å²) in [5, 5.41) is 0.615. The number of aromatic nitrogens is 2. The number of aryl methyl sites for hydroxylation is 1. The molecular weight excluding hydrogens is 651 g/mol. The van der Waals surface area contributed by atoms with Crippen LogP contribution in [0.4, 0.5) is 0 Å². The standard InChI is InChI=1S/C36H41N3O5S3/c1-3-11-33-37-36(45-2)35(31(40)25-46(42)29-14-5-4-6-15-29)39(33)24-27-18-21-28(22-19-27)30-16-9-10-17-32(30)47(43,44)38-34(41)23-20-26-12-7-8-13-26/h4-6,9-10,14-19,21-22,26H,3,7-8,11-13,20,23-25H2,1-2H3,(H,38,41). The van der Waals surface area contributed by atoms with Crippen molar-refractivity contribution >= 4 is 44.7 Å². The lowest BCUT2D eigenvalue weighted by atomic mass is 10.0. The Kier molecular flexibility index (Phi) is 12.0. The van der Waals surface area contributed by atoms with Gasteiger partial charge in [-0.3, -0.25) is 9.59 Å². The molecule has 1 heterocycles. The van der Waals surface area contributed by atoms with E-state index in [2.05, 4.69) is 11.6 Å². The highest BCUT2D eigenvalue weighted by molar-refractivity contribution is 7.98. The molecule has 1 aromatic heterocycles. The van der Waals surface area contributed by atoms with Crippen molar-refractivity contribution in [3.8, 4) is 11.1 Å². The van der Waals surface area contributed by atoms with E-state index in [1.807, 2.05) is 41.2 Å². The van der Waals surface area contributed by atoms with Crippen molar-refractivity contribution in [2.24, 2.45) is 5.92 Å². The largest absolute Gasteiger partial charge is 0.611 e. The Balaban J connectivity index is 1.36. The zero-order chi connectivity index (χ0) is 33.4. The van der Waals surface area contributed by atoms with Crippen molar-refractivity contribution in [3.63, 3.8) is 0 Å². The fourth-order valence-corrected chi connectivity index (χ4v) is 8.98. The number of carbonyl (C=O) groups excluding carboxylic acids is 2. The maximum atomic E-state index is 13.6. The smallest absolute Gasteiger partial charge is 0.264 e. The maximum Gasteiger partial charge on any atom is 0.264 e. The number of carbonyl (C=O) groups is 2. The van der Waals surface area contributed by atoms with Gasteiger partial charge in [-0.05, 0) is 65.5 Å². The second kappa shape index (κ2) is 16.1. The molecule has 0 saturated heterocycles. The SMILES string of the molecule is CCCc1nc(SC)c(C(=O)C[S+]([O-])c2ccccc2)n1Cc1ccc(-c2ccccc2S(=O)(=O)NC(=O)CCC2CCCC2)cc1. The first kappa shape index (κ1) is 34.9.